The summed E-state index contributed by atoms with van der Waals surface area (Å²) in [5.41, 5.74) is 1.04. The Labute approximate surface area is 138 Å². The van der Waals surface area contributed by atoms with E-state index in [1.165, 1.54) is 18.4 Å². The lowest BCUT2D eigenvalue weighted by molar-refractivity contribution is -0.134. The molecule has 2 atom stereocenters. The quantitative estimate of drug-likeness (QED) is 0.908. The SMILES string of the molecule is Cl.O=C(N1CC[C@@H]2CNC[C@@H]2CC1)C1(c2ccccc2)CC1. The van der Waals surface area contributed by atoms with E-state index in [4.69, 9.17) is 0 Å². The van der Waals surface area contributed by atoms with Gasteiger partial charge in [0.25, 0.3) is 0 Å². The van der Waals surface area contributed by atoms with Gasteiger partial charge in [-0.05, 0) is 56.2 Å². The van der Waals surface area contributed by atoms with Crippen molar-refractivity contribution in [2.75, 3.05) is 26.2 Å². The molecule has 1 aromatic rings. The van der Waals surface area contributed by atoms with Crippen LogP contribution < -0.4 is 5.32 Å². The topological polar surface area (TPSA) is 32.3 Å². The number of nitrogens with one attached hydrogen (secondary N) is 1. The number of rotatable bonds is 2. The molecule has 1 aromatic carbocycles. The Balaban J connectivity index is 0.00000144. The molecule has 3 aliphatic rings. The Morgan fingerprint density at radius 3 is 2.18 bits per heavy atom. The van der Waals surface area contributed by atoms with Crippen molar-refractivity contribution < 1.29 is 4.79 Å². The molecule has 0 spiro atoms. The smallest absolute Gasteiger partial charge is 0.233 e. The molecule has 1 N–H and O–H groups in total. The van der Waals surface area contributed by atoms with Gasteiger partial charge < -0.3 is 10.2 Å². The van der Waals surface area contributed by atoms with E-state index in [2.05, 4.69) is 34.5 Å². The zero-order valence-electron chi connectivity index (χ0n) is 13.0. The van der Waals surface area contributed by atoms with Gasteiger partial charge in [0, 0.05) is 13.1 Å². The van der Waals surface area contributed by atoms with Crippen LogP contribution >= 0.6 is 12.4 Å². The van der Waals surface area contributed by atoms with Gasteiger partial charge in [0.2, 0.25) is 5.91 Å². The van der Waals surface area contributed by atoms with E-state index in [0.29, 0.717) is 5.91 Å². The Hall–Kier alpha value is -1.06. The van der Waals surface area contributed by atoms with Crippen molar-refractivity contribution >= 4 is 18.3 Å². The van der Waals surface area contributed by atoms with Gasteiger partial charge in [-0.3, -0.25) is 4.79 Å². The maximum Gasteiger partial charge on any atom is 0.233 e. The molecule has 1 saturated carbocycles. The fraction of sp³-hybridized carbons (Fsp3) is 0.611. The second-order valence-corrected chi connectivity index (χ2v) is 7.00. The van der Waals surface area contributed by atoms with Crippen LogP contribution in [0.1, 0.15) is 31.2 Å². The summed E-state index contributed by atoms with van der Waals surface area (Å²) in [5, 5.41) is 3.50. The first kappa shape index (κ1) is 15.8. The number of carbonyl (C=O) groups is 1. The summed E-state index contributed by atoms with van der Waals surface area (Å²) < 4.78 is 0. The number of hydrogen-bond acceptors (Lipinski definition) is 2. The van der Waals surface area contributed by atoms with Crippen LogP contribution in [-0.2, 0) is 10.2 Å². The summed E-state index contributed by atoms with van der Waals surface area (Å²) in [6, 6.07) is 10.4. The van der Waals surface area contributed by atoms with E-state index in [1.807, 2.05) is 6.07 Å². The van der Waals surface area contributed by atoms with Gasteiger partial charge in [-0.25, -0.2) is 0 Å². The zero-order chi connectivity index (χ0) is 14.3. The minimum absolute atomic E-state index is 0. The molecule has 2 saturated heterocycles. The van der Waals surface area contributed by atoms with E-state index >= 15 is 0 Å². The Kier molecular flexibility index (Phi) is 4.47. The first-order valence-electron chi connectivity index (χ1n) is 8.35. The molecule has 3 fully saturated rings. The number of amides is 1. The molecule has 4 rings (SSSR count). The summed E-state index contributed by atoms with van der Waals surface area (Å²) in [6.45, 7) is 4.21. The number of fused-ring (bicyclic) bond motifs is 1. The third kappa shape index (κ3) is 2.65. The lowest BCUT2D eigenvalue weighted by atomic mass is 9.92. The fourth-order valence-electron chi connectivity index (χ4n) is 4.23. The van der Waals surface area contributed by atoms with Gasteiger partial charge >= 0.3 is 0 Å². The van der Waals surface area contributed by atoms with Crippen LogP contribution in [0.2, 0.25) is 0 Å². The van der Waals surface area contributed by atoms with Crippen LogP contribution in [0.15, 0.2) is 30.3 Å². The molecule has 0 radical (unpaired) electrons. The van der Waals surface area contributed by atoms with Gasteiger partial charge in [-0.1, -0.05) is 30.3 Å². The Bertz CT molecular complexity index is 515. The molecule has 2 heterocycles. The van der Waals surface area contributed by atoms with Crippen LogP contribution in [-0.4, -0.2) is 37.0 Å². The highest BCUT2D eigenvalue weighted by Gasteiger charge is 2.53. The average Bonchev–Trinajstić information content (AvgIpc) is 3.27. The van der Waals surface area contributed by atoms with Crippen molar-refractivity contribution in [3.05, 3.63) is 35.9 Å². The second kappa shape index (κ2) is 6.21. The maximum atomic E-state index is 13.1. The molecular weight excluding hydrogens is 296 g/mol. The molecule has 2 aliphatic heterocycles. The summed E-state index contributed by atoms with van der Waals surface area (Å²) >= 11 is 0. The maximum absolute atomic E-state index is 13.1. The van der Waals surface area contributed by atoms with Gasteiger partial charge in [-0.15, -0.1) is 12.4 Å². The third-order valence-corrected chi connectivity index (χ3v) is 5.79. The molecule has 0 unspecified atom stereocenters. The van der Waals surface area contributed by atoms with Crippen LogP contribution in [0.25, 0.3) is 0 Å². The summed E-state index contributed by atoms with van der Waals surface area (Å²) in [4.78, 5) is 15.2. The van der Waals surface area contributed by atoms with E-state index in [1.54, 1.807) is 0 Å². The minimum Gasteiger partial charge on any atom is -0.342 e. The molecular formula is C18H25ClN2O. The average molecular weight is 321 g/mol. The van der Waals surface area contributed by atoms with Crippen LogP contribution in [0, 0.1) is 11.8 Å². The first-order chi connectivity index (χ1) is 10.3. The minimum atomic E-state index is -0.182. The van der Waals surface area contributed by atoms with Gasteiger partial charge in [0.05, 0.1) is 5.41 Å². The van der Waals surface area contributed by atoms with E-state index < -0.39 is 0 Å². The van der Waals surface area contributed by atoms with Crippen molar-refractivity contribution in [3.8, 4) is 0 Å². The largest absolute Gasteiger partial charge is 0.342 e. The molecule has 3 nitrogen and oxygen atoms in total. The molecule has 1 aliphatic carbocycles. The molecule has 22 heavy (non-hydrogen) atoms. The highest BCUT2D eigenvalue weighted by atomic mass is 35.5. The molecule has 0 aromatic heterocycles. The number of halogens is 1. The monoisotopic (exact) mass is 320 g/mol. The fourth-order valence-corrected chi connectivity index (χ4v) is 4.23. The van der Waals surface area contributed by atoms with Gasteiger partial charge in [-0.2, -0.15) is 0 Å². The lowest BCUT2D eigenvalue weighted by Crippen LogP contribution is -2.40. The lowest BCUT2D eigenvalue weighted by Gasteiger charge is -2.26. The molecule has 1 amide bonds. The zero-order valence-corrected chi connectivity index (χ0v) is 13.8. The molecule has 0 bridgehead atoms. The highest BCUT2D eigenvalue weighted by molar-refractivity contribution is 5.91. The van der Waals surface area contributed by atoms with Crippen molar-refractivity contribution in [2.24, 2.45) is 11.8 Å². The van der Waals surface area contributed by atoms with Crippen LogP contribution in [0.4, 0.5) is 0 Å². The number of hydrogen-bond donors (Lipinski definition) is 1. The first-order valence-corrected chi connectivity index (χ1v) is 8.35. The van der Waals surface area contributed by atoms with E-state index in [0.717, 1.165) is 50.9 Å². The van der Waals surface area contributed by atoms with Crippen LogP contribution in [0.5, 0.6) is 0 Å². The number of carbonyl (C=O) groups excluding carboxylic acids is 1. The summed E-state index contributed by atoms with van der Waals surface area (Å²) in [5.74, 6) is 1.96. The molecule has 4 heteroatoms. The van der Waals surface area contributed by atoms with Gasteiger partial charge in [0.1, 0.15) is 0 Å². The van der Waals surface area contributed by atoms with Crippen molar-refractivity contribution in [3.63, 3.8) is 0 Å². The number of nitrogens with zero attached hydrogens (tertiary/aromatic N) is 1. The number of likely N-dealkylation sites (tertiary alicyclic amines) is 1. The van der Waals surface area contributed by atoms with Crippen molar-refractivity contribution in [1.29, 1.82) is 0 Å². The number of benzene rings is 1. The van der Waals surface area contributed by atoms with Gasteiger partial charge in [0.15, 0.2) is 0 Å². The normalized spacial score (nSPS) is 29.2. The highest BCUT2D eigenvalue weighted by Crippen LogP contribution is 2.49. The predicted molar refractivity (Wildman–Crippen MR) is 90.3 cm³/mol. The second-order valence-electron chi connectivity index (χ2n) is 7.00. The van der Waals surface area contributed by atoms with E-state index in [9.17, 15) is 4.79 Å². The molecule has 120 valence electrons. The summed E-state index contributed by atoms with van der Waals surface area (Å²) in [6.07, 6.45) is 4.41. The summed E-state index contributed by atoms with van der Waals surface area (Å²) in [7, 11) is 0. The Morgan fingerprint density at radius 1 is 1.05 bits per heavy atom. The Morgan fingerprint density at radius 2 is 1.64 bits per heavy atom. The predicted octanol–water partition coefficient (Wildman–Crippen LogP) is 2.60. The standard InChI is InChI=1S/C18H24N2O.ClH/c21-17(18(8-9-18)16-4-2-1-3-5-16)20-10-6-14-12-19-13-15(14)7-11-20;/h1-5,14-15,19H,6-13H2;1H/t14-,15+;. The van der Waals surface area contributed by atoms with Crippen molar-refractivity contribution in [2.45, 2.75) is 31.1 Å². The van der Waals surface area contributed by atoms with Crippen LogP contribution in [0.3, 0.4) is 0 Å². The van der Waals surface area contributed by atoms with E-state index in [-0.39, 0.29) is 17.8 Å². The third-order valence-electron chi connectivity index (χ3n) is 5.79. The van der Waals surface area contributed by atoms with Crippen molar-refractivity contribution in [1.82, 2.24) is 10.2 Å².